The molecule has 1 aliphatic heterocycles. The van der Waals surface area contributed by atoms with Crippen LogP contribution in [0.2, 0.25) is 0 Å². The fraction of sp³-hybridized carbons (Fsp3) is 0.0800. The Balaban J connectivity index is 1.26. The summed E-state index contributed by atoms with van der Waals surface area (Å²) in [4.78, 5) is 12.6. The first-order valence-corrected chi connectivity index (χ1v) is 11.6. The lowest BCUT2D eigenvalue weighted by molar-refractivity contribution is -0.113. The highest BCUT2D eigenvalue weighted by Gasteiger charge is 2.20. The van der Waals surface area contributed by atoms with Crippen LogP contribution < -0.4 is 14.8 Å². The Labute approximate surface area is 198 Å². The number of aromatic nitrogens is 3. The average Bonchev–Trinajstić information content (AvgIpc) is 3.60. The van der Waals surface area contributed by atoms with Gasteiger partial charge in [-0.1, -0.05) is 48.2 Å². The normalized spacial score (nSPS) is 12.2. The van der Waals surface area contributed by atoms with Crippen LogP contribution in [0.4, 0.5) is 5.69 Å². The van der Waals surface area contributed by atoms with E-state index in [1.54, 1.807) is 18.2 Å². The number of furan rings is 1. The minimum atomic E-state index is -0.170. The molecule has 0 fully saturated rings. The van der Waals surface area contributed by atoms with Gasteiger partial charge in [-0.05, 0) is 36.4 Å². The summed E-state index contributed by atoms with van der Waals surface area (Å²) >= 11 is 1.30. The average molecular weight is 471 g/mol. The molecule has 34 heavy (non-hydrogen) atoms. The Morgan fingerprint density at radius 2 is 1.76 bits per heavy atom. The molecule has 8 nitrogen and oxygen atoms in total. The van der Waals surface area contributed by atoms with Crippen molar-refractivity contribution in [1.82, 2.24) is 14.8 Å². The number of benzene rings is 3. The lowest BCUT2D eigenvalue weighted by Gasteiger charge is -2.09. The van der Waals surface area contributed by atoms with Crippen molar-refractivity contribution in [2.24, 2.45) is 0 Å². The molecule has 0 saturated heterocycles. The van der Waals surface area contributed by atoms with Crippen molar-refractivity contribution in [2.45, 2.75) is 5.16 Å². The predicted molar refractivity (Wildman–Crippen MR) is 128 cm³/mol. The Kier molecular flexibility index (Phi) is 5.15. The van der Waals surface area contributed by atoms with E-state index in [1.807, 2.05) is 65.2 Å². The van der Waals surface area contributed by atoms with Crippen LogP contribution in [-0.4, -0.2) is 33.2 Å². The van der Waals surface area contributed by atoms with Crippen LogP contribution in [0.5, 0.6) is 11.5 Å². The zero-order valence-corrected chi connectivity index (χ0v) is 18.6. The Morgan fingerprint density at radius 3 is 2.65 bits per heavy atom. The number of anilines is 1. The number of rotatable bonds is 6. The molecule has 1 aliphatic rings. The van der Waals surface area contributed by atoms with E-state index >= 15 is 0 Å². The van der Waals surface area contributed by atoms with Gasteiger partial charge in [-0.2, -0.15) is 0 Å². The van der Waals surface area contributed by atoms with Crippen molar-refractivity contribution in [2.75, 3.05) is 17.9 Å². The van der Waals surface area contributed by atoms with Gasteiger partial charge in [-0.15, -0.1) is 10.2 Å². The summed E-state index contributed by atoms with van der Waals surface area (Å²) in [6.45, 7) is 0.186. The third-order valence-electron chi connectivity index (χ3n) is 5.28. The molecule has 6 rings (SSSR count). The number of ether oxygens (including phenoxy) is 2. The van der Waals surface area contributed by atoms with Crippen molar-refractivity contribution < 1.29 is 18.7 Å². The summed E-state index contributed by atoms with van der Waals surface area (Å²) in [5.41, 5.74) is 2.29. The molecular formula is C25H18N4O4S. The summed E-state index contributed by atoms with van der Waals surface area (Å²) in [5, 5.41) is 13.2. The lowest BCUT2D eigenvalue weighted by Crippen LogP contribution is -2.14. The van der Waals surface area contributed by atoms with Crippen LogP contribution in [0, 0.1) is 0 Å². The first-order valence-electron chi connectivity index (χ1n) is 10.6. The molecule has 168 valence electrons. The van der Waals surface area contributed by atoms with Gasteiger partial charge in [0.1, 0.15) is 5.58 Å². The van der Waals surface area contributed by atoms with Crippen molar-refractivity contribution in [3.05, 3.63) is 78.9 Å². The van der Waals surface area contributed by atoms with Gasteiger partial charge < -0.3 is 19.2 Å². The number of nitrogens with one attached hydrogen (secondary N) is 1. The molecule has 3 heterocycles. The monoisotopic (exact) mass is 470 g/mol. The van der Waals surface area contributed by atoms with Gasteiger partial charge >= 0.3 is 0 Å². The first kappa shape index (κ1) is 20.4. The summed E-state index contributed by atoms with van der Waals surface area (Å²) in [7, 11) is 0. The highest BCUT2D eigenvalue weighted by molar-refractivity contribution is 7.99. The number of carbonyl (C=O) groups is 1. The standard InChI is InChI=1S/C25H18N4O4S/c30-23(26-17-10-11-20-21(13-17)32-15-31-20)14-34-25-28-27-24(29(25)18-7-2-1-3-8-18)22-12-16-6-4-5-9-19(16)33-22/h1-13H,14-15H2,(H,26,30). The van der Waals surface area contributed by atoms with E-state index in [4.69, 9.17) is 13.9 Å². The Hall–Kier alpha value is -4.24. The van der Waals surface area contributed by atoms with Crippen LogP contribution in [0.1, 0.15) is 0 Å². The Bertz CT molecular complexity index is 1460. The third kappa shape index (κ3) is 3.86. The molecule has 3 aromatic carbocycles. The van der Waals surface area contributed by atoms with E-state index in [2.05, 4.69) is 15.5 Å². The number of hydrogen-bond donors (Lipinski definition) is 1. The van der Waals surface area contributed by atoms with Crippen LogP contribution in [0.3, 0.4) is 0 Å². The number of carbonyl (C=O) groups excluding carboxylic acids is 1. The van der Waals surface area contributed by atoms with E-state index in [-0.39, 0.29) is 18.5 Å². The zero-order valence-electron chi connectivity index (χ0n) is 17.8. The first-order chi connectivity index (χ1) is 16.7. The number of thioether (sulfide) groups is 1. The molecular weight excluding hydrogens is 452 g/mol. The van der Waals surface area contributed by atoms with Gasteiger partial charge in [0.25, 0.3) is 0 Å². The van der Waals surface area contributed by atoms with Gasteiger partial charge in [-0.25, -0.2) is 0 Å². The molecule has 1 amide bonds. The summed E-state index contributed by atoms with van der Waals surface area (Å²) in [6, 6.07) is 24.8. The predicted octanol–water partition coefficient (Wildman–Crippen LogP) is 5.14. The van der Waals surface area contributed by atoms with Crippen LogP contribution >= 0.6 is 11.8 Å². The van der Waals surface area contributed by atoms with E-state index < -0.39 is 0 Å². The molecule has 0 aliphatic carbocycles. The molecule has 0 atom stereocenters. The largest absolute Gasteiger partial charge is 0.454 e. The second kappa shape index (κ2) is 8.60. The summed E-state index contributed by atoms with van der Waals surface area (Å²) < 4.78 is 18.6. The second-order valence-corrected chi connectivity index (χ2v) is 8.47. The van der Waals surface area contributed by atoms with E-state index in [1.165, 1.54) is 11.8 Å². The number of para-hydroxylation sites is 2. The minimum absolute atomic E-state index is 0.152. The Morgan fingerprint density at radius 1 is 0.941 bits per heavy atom. The molecule has 0 bridgehead atoms. The highest BCUT2D eigenvalue weighted by Crippen LogP contribution is 2.35. The van der Waals surface area contributed by atoms with Gasteiger partial charge in [0.2, 0.25) is 18.5 Å². The second-order valence-electron chi connectivity index (χ2n) is 7.53. The van der Waals surface area contributed by atoms with Gasteiger partial charge in [-0.3, -0.25) is 9.36 Å². The third-order valence-corrected chi connectivity index (χ3v) is 6.21. The van der Waals surface area contributed by atoms with E-state index in [9.17, 15) is 4.79 Å². The number of nitrogens with zero attached hydrogens (tertiary/aromatic N) is 3. The van der Waals surface area contributed by atoms with E-state index in [0.29, 0.717) is 33.9 Å². The van der Waals surface area contributed by atoms with Crippen molar-refractivity contribution in [3.8, 4) is 28.8 Å². The molecule has 0 spiro atoms. The van der Waals surface area contributed by atoms with Gasteiger partial charge in [0.05, 0.1) is 5.75 Å². The summed E-state index contributed by atoms with van der Waals surface area (Å²) in [6.07, 6.45) is 0. The maximum Gasteiger partial charge on any atom is 0.234 e. The number of amides is 1. The van der Waals surface area contributed by atoms with Crippen molar-refractivity contribution in [1.29, 1.82) is 0 Å². The molecule has 1 N–H and O–H groups in total. The number of fused-ring (bicyclic) bond motifs is 2. The molecule has 9 heteroatoms. The number of hydrogen-bond acceptors (Lipinski definition) is 7. The fourth-order valence-electron chi connectivity index (χ4n) is 3.73. The van der Waals surface area contributed by atoms with E-state index in [0.717, 1.165) is 16.7 Å². The van der Waals surface area contributed by atoms with Crippen LogP contribution in [0.15, 0.2) is 88.4 Å². The molecule has 5 aromatic rings. The fourth-order valence-corrected chi connectivity index (χ4v) is 4.48. The highest BCUT2D eigenvalue weighted by atomic mass is 32.2. The van der Waals surface area contributed by atoms with Crippen LogP contribution in [-0.2, 0) is 4.79 Å². The van der Waals surface area contributed by atoms with Gasteiger partial charge in [0.15, 0.2) is 22.4 Å². The van der Waals surface area contributed by atoms with Gasteiger partial charge in [0, 0.05) is 22.8 Å². The minimum Gasteiger partial charge on any atom is -0.454 e. The lowest BCUT2D eigenvalue weighted by atomic mass is 10.2. The quantitative estimate of drug-likeness (QED) is 0.344. The molecule has 0 radical (unpaired) electrons. The molecule has 0 saturated carbocycles. The molecule has 2 aromatic heterocycles. The SMILES string of the molecule is O=C(CSc1nnc(-c2cc3ccccc3o2)n1-c1ccccc1)Nc1ccc2c(c1)OCO2. The summed E-state index contributed by atoms with van der Waals surface area (Å²) in [5.74, 6) is 2.44. The maximum absolute atomic E-state index is 12.6. The van der Waals surface area contributed by atoms with Crippen molar-refractivity contribution in [3.63, 3.8) is 0 Å². The maximum atomic E-state index is 12.6. The van der Waals surface area contributed by atoms with Crippen LogP contribution in [0.25, 0.3) is 28.2 Å². The van der Waals surface area contributed by atoms with Crippen molar-refractivity contribution >= 4 is 34.3 Å². The topological polar surface area (TPSA) is 91.4 Å². The smallest absolute Gasteiger partial charge is 0.234 e. The molecule has 0 unspecified atom stereocenters. The zero-order chi connectivity index (χ0) is 22.9.